The molecule has 2 N–H and O–H groups in total. The summed E-state index contributed by atoms with van der Waals surface area (Å²) in [5, 5.41) is 5.68. The Balaban J connectivity index is 2.17. The SMILES string of the molecule is CC(C)C(C)CNC(=O)NCC1CCS(=O)(=O)CC1. The van der Waals surface area contributed by atoms with E-state index in [4.69, 9.17) is 0 Å². The van der Waals surface area contributed by atoms with E-state index in [1.54, 1.807) is 0 Å². The molecule has 0 bridgehead atoms. The van der Waals surface area contributed by atoms with Gasteiger partial charge in [-0.1, -0.05) is 20.8 Å². The van der Waals surface area contributed by atoms with Gasteiger partial charge in [-0.15, -0.1) is 0 Å². The maximum Gasteiger partial charge on any atom is 0.314 e. The third-order valence-corrected chi connectivity index (χ3v) is 5.66. The van der Waals surface area contributed by atoms with E-state index in [0.29, 0.717) is 37.8 Å². The largest absolute Gasteiger partial charge is 0.338 e. The molecule has 6 heteroatoms. The number of sulfone groups is 1. The van der Waals surface area contributed by atoms with Crippen LogP contribution in [0.25, 0.3) is 0 Å². The Bertz CT molecular complexity index is 379. The summed E-state index contributed by atoms with van der Waals surface area (Å²) in [4.78, 5) is 11.6. The molecule has 0 aliphatic carbocycles. The topological polar surface area (TPSA) is 75.3 Å². The molecule has 1 rings (SSSR count). The van der Waals surface area contributed by atoms with Gasteiger partial charge in [0.05, 0.1) is 11.5 Å². The quantitative estimate of drug-likeness (QED) is 0.803. The third-order valence-electron chi connectivity index (χ3n) is 3.95. The first-order chi connectivity index (χ1) is 8.80. The zero-order valence-electron chi connectivity index (χ0n) is 12.1. The van der Waals surface area contributed by atoms with Gasteiger partial charge in [0.25, 0.3) is 0 Å². The van der Waals surface area contributed by atoms with E-state index in [0.717, 1.165) is 0 Å². The van der Waals surface area contributed by atoms with Crippen LogP contribution in [0.5, 0.6) is 0 Å². The highest BCUT2D eigenvalue weighted by Gasteiger charge is 2.23. The van der Waals surface area contributed by atoms with Crippen molar-refractivity contribution in [2.45, 2.75) is 33.6 Å². The van der Waals surface area contributed by atoms with Gasteiger partial charge in [-0.3, -0.25) is 0 Å². The monoisotopic (exact) mass is 290 g/mol. The van der Waals surface area contributed by atoms with Gasteiger partial charge in [0.1, 0.15) is 9.84 Å². The van der Waals surface area contributed by atoms with E-state index >= 15 is 0 Å². The molecular weight excluding hydrogens is 264 g/mol. The number of carbonyl (C=O) groups is 1. The summed E-state index contributed by atoms with van der Waals surface area (Å²) < 4.78 is 22.6. The number of hydrogen-bond donors (Lipinski definition) is 2. The minimum atomic E-state index is -2.81. The van der Waals surface area contributed by atoms with Gasteiger partial charge in [0.2, 0.25) is 0 Å². The van der Waals surface area contributed by atoms with Crippen molar-refractivity contribution in [2.75, 3.05) is 24.6 Å². The highest BCUT2D eigenvalue weighted by atomic mass is 32.2. The maximum absolute atomic E-state index is 11.6. The van der Waals surface area contributed by atoms with Crippen molar-refractivity contribution in [3.63, 3.8) is 0 Å². The fraction of sp³-hybridized carbons (Fsp3) is 0.923. The maximum atomic E-state index is 11.6. The Morgan fingerprint density at radius 2 is 1.74 bits per heavy atom. The van der Waals surface area contributed by atoms with Gasteiger partial charge < -0.3 is 10.6 Å². The lowest BCUT2D eigenvalue weighted by Gasteiger charge is -2.22. The minimum absolute atomic E-state index is 0.152. The van der Waals surface area contributed by atoms with Crippen molar-refractivity contribution in [3.05, 3.63) is 0 Å². The molecule has 5 nitrogen and oxygen atoms in total. The van der Waals surface area contributed by atoms with Crippen LogP contribution < -0.4 is 10.6 Å². The first kappa shape index (κ1) is 16.3. The molecule has 0 saturated carbocycles. The molecule has 1 aliphatic heterocycles. The number of carbonyl (C=O) groups excluding carboxylic acids is 1. The molecule has 1 unspecified atom stereocenters. The number of amides is 2. The van der Waals surface area contributed by atoms with Crippen molar-refractivity contribution in [2.24, 2.45) is 17.8 Å². The van der Waals surface area contributed by atoms with Gasteiger partial charge in [0, 0.05) is 13.1 Å². The van der Waals surface area contributed by atoms with Crippen LogP contribution in [0.15, 0.2) is 0 Å². The van der Waals surface area contributed by atoms with Gasteiger partial charge >= 0.3 is 6.03 Å². The van der Waals surface area contributed by atoms with Gasteiger partial charge in [-0.2, -0.15) is 0 Å². The van der Waals surface area contributed by atoms with Crippen LogP contribution in [0.2, 0.25) is 0 Å². The lowest BCUT2D eigenvalue weighted by molar-refractivity contribution is 0.235. The second-order valence-corrected chi connectivity index (χ2v) is 8.21. The van der Waals surface area contributed by atoms with Crippen LogP contribution in [0.4, 0.5) is 4.79 Å². The molecule has 1 heterocycles. The Hall–Kier alpha value is -0.780. The van der Waals surface area contributed by atoms with E-state index in [9.17, 15) is 13.2 Å². The molecule has 0 spiro atoms. The number of urea groups is 1. The zero-order valence-corrected chi connectivity index (χ0v) is 12.9. The third kappa shape index (κ3) is 6.27. The first-order valence-electron chi connectivity index (χ1n) is 7.02. The van der Waals surface area contributed by atoms with E-state index < -0.39 is 9.84 Å². The molecule has 0 radical (unpaired) electrons. The minimum Gasteiger partial charge on any atom is -0.338 e. The molecule has 1 fully saturated rings. The van der Waals surface area contributed by atoms with Crippen LogP contribution in [0.3, 0.4) is 0 Å². The summed E-state index contributed by atoms with van der Waals surface area (Å²) in [7, 11) is -2.81. The summed E-state index contributed by atoms with van der Waals surface area (Å²) in [5.41, 5.74) is 0. The van der Waals surface area contributed by atoms with Crippen LogP contribution >= 0.6 is 0 Å². The fourth-order valence-electron chi connectivity index (χ4n) is 1.93. The van der Waals surface area contributed by atoms with Crippen molar-refractivity contribution in [1.29, 1.82) is 0 Å². The highest BCUT2D eigenvalue weighted by molar-refractivity contribution is 7.91. The lowest BCUT2D eigenvalue weighted by atomic mass is 9.98. The van der Waals surface area contributed by atoms with E-state index in [-0.39, 0.29) is 23.5 Å². The molecule has 1 atom stereocenters. The number of rotatable bonds is 5. The molecule has 0 aromatic rings. The van der Waals surface area contributed by atoms with Crippen molar-refractivity contribution < 1.29 is 13.2 Å². The zero-order chi connectivity index (χ0) is 14.5. The summed E-state index contributed by atoms with van der Waals surface area (Å²) in [6, 6.07) is -0.152. The number of hydrogen-bond acceptors (Lipinski definition) is 3. The molecular formula is C13H26N2O3S. The Labute approximate surface area is 116 Å². The molecule has 1 aliphatic rings. The Morgan fingerprint density at radius 3 is 2.26 bits per heavy atom. The summed E-state index contributed by atoms with van der Waals surface area (Å²) >= 11 is 0. The predicted octanol–water partition coefficient (Wildman–Crippen LogP) is 1.40. The van der Waals surface area contributed by atoms with Crippen molar-refractivity contribution in [3.8, 4) is 0 Å². The van der Waals surface area contributed by atoms with Crippen molar-refractivity contribution >= 4 is 15.9 Å². The predicted molar refractivity (Wildman–Crippen MR) is 76.8 cm³/mol. The van der Waals surface area contributed by atoms with Crippen LogP contribution in [-0.2, 0) is 9.84 Å². The molecule has 2 amide bonds. The summed E-state index contributed by atoms with van der Waals surface area (Å²) in [6.07, 6.45) is 1.32. The van der Waals surface area contributed by atoms with Crippen LogP contribution in [-0.4, -0.2) is 39.0 Å². The van der Waals surface area contributed by atoms with Gasteiger partial charge in [-0.05, 0) is 30.6 Å². The molecule has 0 aromatic heterocycles. The molecule has 112 valence electrons. The van der Waals surface area contributed by atoms with Gasteiger partial charge in [-0.25, -0.2) is 13.2 Å². The van der Waals surface area contributed by atoms with E-state index in [1.807, 2.05) is 0 Å². The highest BCUT2D eigenvalue weighted by Crippen LogP contribution is 2.17. The average Bonchev–Trinajstić information content (AvgIpc) is 2.34. The fourth-order valence-corrected chi connectivity index (χ4v) is 3.52. The normalized spacial score (nSPS) is 21.1. The van der Waals surface area contributed by atoms with E-state index in [2.05, 4.69) is 31.4 Å². The smallest absolute Gasteiger partial charge is 0.314 e. The molecule has 1 saturated heterocycles. The Kier molecular flexibility index (Phi) is 6.10. The van der Waals surface area contributed by atoms with Crippen LogP contribution in [0, 0.1) is 17.8 Å². The first-order valence-corrected chi connectivity index (χ1v) is 8.84. The number of nitrogens with one attached hydrogen (secondary N) is 2. The lowest BCUT2D eigenvalue weighted by Crippen LogP contribution is -2.41. The van der Waals surface area contributed by atoms with Crippen LogP contribution in [0.1, 0.15) is 33.6 Å². The second-order valence-electron chi connectivity index (χ2n) is 5.91. The standard InChI is InChI=1S/C13H26N2O3S/c1-10(2)11(3)8-14-13(16)15-9-12-4-6-19(17,18)7-5-12/h10-12H,4-9H2,1-3H3,(H2,14,15,16). The van der Waals surface area contributed by atoms with Gasteiger partial charge in [0.15, 0.2) is 0 Å². The second kappa shape index (κ2) is 7.12. The van der Waals surface area contributed by atoms with E-state index in [1.165, 1.54) is 0 Å². The summed E-state index contributed by atoms with van der Waals surface area (Å²) in [5.74, 6) is 1.79. The van der Waals surface area contributed by atoms with Crippen molar-refractivity contribution in [1.82, 2.24) is 10.6 Å². The molecule has 19 heavy (non-hydrogen) atoms. The summed E-state index contributed by atoms with van der Waals surface area (Å²) in [6.45, 7) is 7.61. The Morgan fingerprint density at radius 1 is 1.16 bits per heavy atom. The average molecular weight is 290 g/mol. The molecule has 0 aromatic carbocycles.